The number of rotatable bonds is 2. The van der Waals surface area contributed by atoms with E-state index >= 15 is 0 Å². The van der Waals surface area contributed by atoms with Gasteiger partial charge in [-0.25, -0.2) is 0 Å². The van der Waals surface area contributed by atoms with Crippen molar-refractivity contribution in [1.82, 2.24) is 0 Å². The van der Waals surface area contributed by atoms with E-state index in [9.17, 15) is 0 Å². The molecule has 0 nitrogen and oxygen atoms in total. The molecule has 0 aliphatic heterocycles. The van der Waals surface area contributed by atoms with Gasteiger partial charge < -0.3 is 0 Å². The van der Waals surface area contributed by atoms with Gasteiger partial charge in [0.1, 0.15) is 0 Å². The third-order valence-electron chi connectivity index (χ3n) is 2.18. The minimum absolute atomic E-state index is 1.36. The summed E-state index contributed by atoms with van der Waals surface area (Å²) in [4.78, 5) is 0. The van der Waals surface area contributed by atoms with E-state index in [2.05, 4.69) is 48.5 Å². The molecule has 0 atom stereocenters. The Labute approximate surface area is 96.1 Å². The summed E-state index contributed by atoms with van der Waals surface area (Å²) in [6.45, 7) is 0. The first kappa shape index (κ1) is 10.2. The molecule has 0 spiro atoms. The zero-order chi connectivity index (χ0) is 9.80. The van der Waals surface area contributed by atoms with E-state index in [-0.39, 0.29) is 0 Å². The fraction of sp³-hybridized carbons (Fsp3) is 0. The van der Waals surface area contributed by atoms with Gasteiger partial charge in [-0.3, -0.25) is 0 Å². The molecule has 0 amide bonds. The summed E-state index contributed by atoms with van der Waals surface area (Å²) >= 11 is -2.29. The van der Waals surface area contributed by atoms with Crippen LogP contribution in [0.4, 0.5) is 0 Å². The second-order valence-electron chi connectivity index (χ2n) is 3.18. The molecular weight excluding hydrogens is 384 g/mol. The van der Waals surface area contributed by atoms with E-state index in [1.165, 1.54) is 6.25 Å². The number of hydrogen-bond donors (Lipinski definition) is 0. The van der Waals surface area contributed by atoms with E-state index in [4.69, 9.17) is 8.32 Å². The van der Waals surface area contributed by atoms with Crippen molar-refractivity contribution in [3.8, 4) is 0 Å². The van der Waals surface area contributed by atoms with Crippen LogP contribution in [0.2, 0.25) is 0 Å². The molecule has 0 aromatic heterocycles. The van der Waals surface area contributed by atoms with E-state index in [0.717, 1.165) is 0 Å². The molecule has 2 rings (SSSR count). The number of hydrogen-bond acceptors (Lipinski definition) is 0. The summed E-state index contributed by atoms with van der Waals surface area (Å²) in [6.07, 6.45) is 0. The average molecular weight is 394 g/mol. The Morgan fingerprint density at radius 1 is 0.643 bits per heavy atom. The maximum absolute atomic E-state index is 6.55. The van der Waals surface area contributed by atoms with Crippen molar-refractivity contribution in [3.63, 3.8) is 0 Å². The predicted molar refractivity (Wildman–Crippen MR) is 63.8 cm³/mol. The molecular formula is C12H10ClTl. The number of halogens is 1. The molecule has 0 unspecified atom stereocenters. The first-order valence-electron chi connectivity index (χ1n) is 4.62. The second-order valence-corrected chi connectivity index (χ2v) is 15.0. The van der Waals surface area contributed by atoms with Gasteiger partial charge in [0.15, 0.2) is 0 Å². The predicted octanol–water partition coefficient (Wildman–Crippen LogP) is 2.03. The van der Waals surface area contributed by atoms with Crippen LogP contribution < -0.4 is 6.25 Å². The van der Waals surface area contributed by atoms with Crippen LogP contribution in [0.1, 0.15) is 0 Å². The van der Waals surface area contributed by atoms with Crippen LogP contribution >= 0.6 is 8.32 Å². The standard InChI is InChI=1S/2C6H5.ClH.Tl/c2*1-2-4-6-5-3-1;;/h2*1-5H;1H;/q;;;+1/p-1. The number of benzene rings is 2. The van der Waals surface area contributed by atoms with E-state index in [1.54, 1.807) is 0 Å². The topological polar surface area (TPSA) is 0 Å². The molecule has 0 heterocycles. The van der Waals surface area contributed by atoms with Gasteiger partial charge in [0, 0.05) is 0 Å². The zero-order valence-electron chi connectivity index (χ0n) is 7.73. The van der Waals surface area contributed by atoms with Crippen molar-refractivity contribution in [1.29, 1.82) is 0 Å². The quantitative estimate of drug-likeness (QED) is 0.685. The van der Waals surface area contributed by atoms with E-state index < -0.39 is 21.5 Å². The van der Waals surface area contributed by atoms with Gasteiger partial charge in [-0.05, 0) is 0 Å². The summed E-state index contributed by atoms with van der Waals surface area (Å²) in [5.74, 6) is 0. The van der Waals surface area contributed by atoms with Crippen LogP contribution in [0.5, 0.6) is 0 Å². The summed E-state index contributed by atoms with van der Waals surface area (Å²) in [5, 5.41) is 0. The molecule has 0 saturated heterocycles. The monoisotopic (exact) mass is 394 g/mol. The second kappa shape index (κ2) is 4.94. The Kier molecular flexibility index (Phi) is 3.59. The first-order valence-corrected chi connectivity index (χ1v) is 14.6. The third-order valence-corrected chi connectivity index (χ3v) is 14.1. The van der Waals surface area contributed by atoms with Gasteiger partial charge in [0.05, 0.1) is 0 Å². The summed E-state index contributed by atoms with van der Waals surface area (Å²) < 4.78 is 2.72. The fourth-order valence-corrected chi connectivity index (χ4v) is 9.84. The van der Waals surface area contributed by atoms with Crippen molar-refractivity contribution in [2.45, 2.75) is 0 Å². The Morgan fingerprint density at radius 2 is 1.00 bits per heavy atom. The Bertz CT molecular complexity index is 346. The van der Waals surface area contributed by atoms with Gasteiger partial charge in [0.25, 0.3) is 0 Å². The zero-order valence-corrected chi connectivity index (χ0v) is 13.0. The summed E-state index contributed by atoms with van der Waals surface area (Å²) in [6, 6.07) is 20.9. The molecule has 0 aliphatic carbocycles. The SMILES string of the molecule is [Cl][Tl]([c]1ccccc1)[c]1ccccc1. The Balaban J connectivity index is 2.30. The van der Waals surface area contributed by atoms with Crippen molar-refractivity contribution >= 4 is 36.0 Å². The van der Waals surface area contributed by atoms with Crippen molar-refractivity contribution < 1.29 is 0 Å². The molecule has 0 N–H and O–H groups in total. The molecule has 2 heteroatoms. The molecule has 0 saturated carbocycles. The fourth-order valence-electron chi connectivity index (χ4n) is 1.44. The first-order chi connectivity index (χ1) is 6.88. The van der Waals surface area contributed by atoms with Crippen LogP contribution in [0.15, 0.2) is 60.7 Å². The maximum atomic E-state index is 6.55. The molecule has 0 bridgehead atoms. The molecule has 0 fully saturated rings. The Hall–Kier alpha value is -0.348. The molecule has 14 heavy (non-hydrogen) atoms. The van der Waals surface area contributed by atoms with Gasteiger partial charge in [-0.15, -0.1) is 0 Å². The summed E-state index contributed by atoms with van der Waals surface area (Å²) in [5.41, 5.74) is 0. The van der Waals surface area contributed by atoms with E-state index in [1.807, 2.05) is 12.1 Å². The molecule has 68 valence electrons. The van der Waals surface area contributed by atoms with Gasteiger partial charge in [-0.1, -0.05) is 0 Å². The van der Waals surface area contributed by atoms with Crippen molar-refractivity contribution in [3.05, 3.63) is 60.7 Å². The minimum atomic E-state index is -2.29. The van der Waals surface area contributed by atoms with Crippen LogP contribution in [0, 0.1) is 0 Å². The average Bonchev–Trinajstić information content (AvgIpc) is 2.30. The summed E-state index contributed by atoms with van der Waals surface area (Å²) in [7, 11) is 6.55. The third kappa shape index (κ3) is 2.36. The molecule has 0 aliphatic rings. The van der Waals surface area contributed by atoms with Gasteiger partial charge in [-0.2, -0.15) is 0 Å². The van der Waals surface area contributed by atoms with Crippen molar-refractivity contribution in [2.75, 3.05) is 0 Å². The molecule has 2 aromatic carbocycles. The van der Waals surface area contributed by atoms with E-state index in [0.29, 0.717) is 0 Å². The van der Waals surface area contributed by atoms with Gasteiger partial charge >= 0.3 is 96.7 Å². The normalized spacial score (nSPS) is 9.79. The van der Waals surface area contributed by atoms with Crippen LogP contribution in [-0.4, -0.2) is 21.5 Å². The van der Waals surface area contributed by atoms with Crippen molar-refractivity contribution in [2.24, 2.45) is 0 Å². The van der Waals surface area contributed by atoms with Crippen LogP contribution in [0.25, 0.3) is 0 Å². The molecule has 0 radical (unpaired) electrons. The van der Waals surface area contributed by atoms with Crippen LogP contribution in [0.3, 0.4) is 0 Å². The molecule has 2 aromatic rings. The van der Waals surface area contributed by atoms with Gasteiger partial charge in [0.2, 0.25) is 0 Å². The Morgan fingerprint density at radius 3 is 1.36 bits per heavy atom. The van der Waals surface area contributed by atoms with Crippen LogP contribution in [-0.2, 0) is 0 Å².